The summed E-state index contributed by atoms with van der Waals surface area (Å²) in [6.45, 7) is 9.19. The first kappa shape index (κ1) is 24.8. The predicted octanol–water partition coefficient (Wildman–Crippen LogP) is 3.03. The van der Waals surface area contributed by atoms with Gasteiger partial charge < -0.3 is 19.9 Å². The fourth-order valence-electron chi connectivity index (χ4n) is 3.35. The lowest BCUT2D eigenvalue weighted by Crippen LogP contribution is -2.52. The molecule has 1 saturated heterocycles. The molecule has 8 nitrogen and oxygen atoms in total. The third kappa shape index (κ3) is 7.07. The second-order valence-corrected chi connectivity index (χ2v) is 7.72. The summed E-state index contributed by atoms with van der Waals surface area (Å²) in [5.74, 6) is 2.22. The Hall–Kier alpha value is -1.43. The molecule has 1 aliphatic heterocycles. The van der Waals surface area contributed by atoms with Crippen LogP contribution in [0, 0.1) is 5.92 Å². The number of rotatable bonds is 7. The van der Waals surface area contributed by atoms with Gasteiger partial charge in [0, 0.05) is 43.3 Å². The molecule has 2 heterocycles. The van der Waals surface area contributed by atoms with Gasteiger partial charge in [0.15, 0.2) is 5.96 Å². The summed E-state index contributed by atoms with van der Waals surface area (Å²) in [7, 11) is 1.75. The Balaban J connectivity index is 0.00000320. The molecule has 0 bridgehead atoms. The van der Waals surface area contributed by atoms with E-state index in [4.69, 9.17) is 20.9 Å². The molecule has 30 heavy (non-hydrogen) atoms. The lowest BCUT2D eigenvalue weighted by atomic mass is 10.0. The molecule has 1 unspecified atom stereocenters. The maximum absolute atomic E-state index is 6.03. The Morgan fingerprint density at radius 3 is 2.70 bits per heavy atom. The van der Waals surface area contributed by atoms with Crippen molar-refractivity contribution in [3.8, 4) is 11.4 Å². The Morgan fingerprint density at radius 2 is 2.03 bits per heavy atom. The highest BCUT2D eigenvalue weighted by molar-refractivity contribution is 14.0. The summed E-state index contributed by atoms with van der Waals surface area (Å²) >= 11 is 6.03. The first-order chi connectivity index (χ1) is 14.1. The minimum absolute atomic E-state index is 0. The molecule has 1 atom stereocenters. The second kappa shape index (κ2) is 12.4. The Kier molecular flexibility index (Phi) is 10.3. The van der Waals surface area contributed by atoms with Crippen molar-refractivity contribution >= 4 is 41.5 Å². The van der Waals surface area contributed by atoms with E-state index in [0.29, 0.717) is 41.2 Å². The number of aromatic nitrogens is 2. The number of benzene rings is 1. The molecule has 0 amide bonds. The van der Waals surface area contributed by atoms with Gasteiger partial charge in [-0.2, -0.15) is 4.98 Å². The molecule has 2 N–H and O–H groups in total. The monoisotopic (exact) mass is 548 g/mol. The normalized spacial score (nSPS) is 16.2. The van der Waals surface area contributed by atoms with Gasteiger partial charge in [-0.15, -0.1) is 24.0 Å². The van der Waals surface area contributed by atoms with Crippen molar-refractivity contribution in [1.82, 2.24) is 25.7 Å². The van der Waals surface area contributed by atoms with E-state index in [1.807, 2.05) is 24.3 Å². The van der Waals surface area contributed by atoms with Gasteiger partial charge in [-0.3, -0.25) is 9.89 Å². The fourth-order valence-corrected chi connectivity index (χ4v) is 3.54. The van der Waals surface area contributed by atoms with Gasteiger partial charge in [-0.25, -0.2) is 0 Å². The molecule has 0 aliphatic carbocycles. The third-order valence-electron chi connectivity index (χ3n) is 4.94. The highest BCUT2D eigenvalue weighted by Crippen LogP contribution is 2.19. The highest BCUT2D eigenvalue weighted by atomic mass is 127. The van der Waals surface area contributed by atoms with Crippen LogP contribution in [0.25, 0.3) is 11.4 Å². The minimum Gasteiger partial charge on any atom is -0.379 e. The molecule has 1 aliphatic rings. The van der Waals surface area contributed by atoms with Crippen molar-refractivity contribution in [1.29, 1.82) is 0 Å². The van der Waals surface area contributed by atoms with Gasteiger partial charge in [-0.05, 0) is 18.1 Å². The number of hydrogen-bond donors (Lipinski definition) is 2. The van der Waals surface area contributed by atoms with Crippen LogP contribution in [0.4, 0.5) is 0 Å². The number of hydrogen-bond acceptors (Lipinski definition) is 6. The maximum Gasteiger partial charge on any atom is 0.246 e. The van der Waals surface area contributed by atoms with Crippen LogP contribution < -0.4 is 10.6 Å². The first-order valence-electron chi connectivity index (χ1n) is 9.91. The number of nitrogens with zero attached hydrogens (tertiary/aromatic N) is 4. The Morgan fingerprint density at radius 1 is 1.27 bits per heavy atom. The first-order valence-corrected chi connectivity index (χ1v) is 10.3. The Bertz CT molecular complexity index is 810. The van der Waals surface area contributed by atoms with E-state index in [-0.39, 0.29) is 24.0 Å². The zero-order valence-electron chi connectivity index (χ0n) is 17.6. The fraction of sp³-hybridized carbons (Fsp3) is 0.550. The van der Waals surface area contributed by atoms with Gasteiger partial charge in [0.25, 0.3) is 0 Å². The van der Waals surface area contributed by atoms with Crippen molar-refractivity contribution < 1.29 is 9.26 Å². The summed E-state index contributed by atoms with van der Waals surface area (Å²) < 4.78 is 10.8. The van der Waals surface area contributed by atoms with E-state index in [2.05, 4.69) is 44.5 Å². The highest BCUT2D eigenvalue weighted by Gasteiger charge is 2.24. The number of morpholine rings is 1. The van der Waals surface area contributed by atoms with Gasteiger partial charge in [-0.1, -0.05) is 42.7 Å². The number of aliphatic imine (C=N–C) groups is 1. The van der Waals surface area contributed by atoms with Crippen molar-refractivity contribution in [3.63, 3.8) is 0 Å². The molecular weight excluding hydrogens is 519 g/mol. The van der Waals surface area contributed by atoms with Crippen LogP contribution in [0.15, 0.2) is 33.8 Å². The number of halogens is 2. The van der Waals surface area contributed by atoms with E-state index in [0.717, 1.165) is 38.4 Å². The summed E-state index contributed by atoms with van der Waals surface area (Å²) in [6, 6.07) is 7.78. The molecule has 2 aromatic rings. The summed E-state index contributed by atoms with van der Waals surface area (Å²) in [5, 5.41) is 11.3. The molecule has 166 valence electrons. The van der Waals surface area contributed by atoms with E-state index in [9.17, 15) is 0 Å². The lowest BCUT2D eigenvalue weighted by molar-refractivity contribution is 0.00752. The van der Waals surface area contributed by atoms with E-state index >= 15 is 0 Å². The van der Waals surface area contributed by atoms with E-state index < -0.39 is 0 Å². The average molecular weight is 549 g/mol. The number of ether oxygens (including phenoxy) is 1. The summed E-state index contributed by atoms with van der Waals surface area (Å²) in [4.78, 5) is 11.2. The maximum atomic E-state index is 6.03. The van der Waals surface area contributed by atoms with Crippen LogP contribution in [-0.4, -0.2) is 66.9 Å². The second-order valence-electron chi connectivity index (χ2n) is 7.29. The molecular formula is C20H30ClIN6O2. The molecule has 1 aromatic heterocycles. The van der Waals surface area contributed by atoms with Crippen LogP contribution in [0.1, 0.15) is 19.7 Å². The predicted molar refractivity (Wildman–Crippen MR) is 129 cm³/mol. The zero-order valence-corrected chi connectivity index (χ0v) is 20.7. The van der Waals surface area contributed by atoms with Crippen LogP contribution >= 0.6 is 35.6 Å². The van der Waals surface area contributed by atoms with Gasteiger partial charge in [0.1, 0.15) is 0 Å². The summed E-state index contributed by atoms with van der Waals surface area (Å²) in [5.41, 5.74) is 0.820. The number of nitrogens with one attached hydrogen (secondary N) is 2. The molecule has 3 rings (SSSR count). The van der Waals surface area contributed by atoms with Crippen LogP contribution in [0.2, 0.25) is 5.02 Å². The average Bonchev–Trinajstić information content (AvgIpc) is 3.20. The quantitative estimate of drug-likeness (QED) is 0.312. The van der Waals surface area contributed by atoms with Gasteiger partial charge >= 0.3 is 0 Å². The largest absolute Gasteiger partial charge is 0.379 e. The van der Waals surface area contributed by atoms with Crippen molar-refractivity contribution in [2.75, 3.05) is 39.9 Å². The van der Waals surface area contributed by atoms with E-state index in [1.54, 1.807) is 7.05 Å². The van der Waals surface area contributed by atoms with Crippen LogP contribution in [-0.2, 0) is 11.3 Å². The SMILES string of the molecule is CN=C(NCc1nc(-c2cccc(Cl)c2)no1)NCC(C(C)C)N1CCOCC1.I. The standard InChI is InChI=1S/C20H29ClN6O2.HI/c1-14(2)17(27-7-9-28-10-8-27)12-23-20(22-3)24-13-18-25-19(26-29-18)15-5-4-6-16(21)11-15;/h4-6,11,14,17H,7-10,12-13H2,1-3H3,(H2,22,23,24);1H. The molecule has 0 spiro atoms. The van der Waals surface area contributed by atoms with Crippen molar-refractivity contribution in [2.24, 2.45) is 10.9 Å². The van der Waals surface area contributed by atoms with Gasteiger partial charge in [0.2, 0.25) is 11.7 Å². The molecule has 0 radical (unpaired) electrons. The van der Waals surface area contributed by atoms with Crippen LogP contribution in [0.5, 0.6) is 0 Å². The van der Waals surface area contributed by atoms with Gasteiger partial charge in [0.05, 0.1) is 19.8 Å². The van der Waals surface area contributed by atoms with Crippen molar-refractivity contribution in [3.05, 3.63) is 35.2 Å². The minimum atomic E-state index is 0. The number of guanidine groups is 1. The van der Waals surface area contributed by atoms with Crippen LogP contribution in [0.3, 0.4) is 0 Å². The zero-order chi connectivity index (χ0) is 20.6. The Labute approximate surface area is 199 Å². The molecule has 0 saturated carbocycles. The molecule has 10 heteroatoms. The molecule has 1 fully saturated rings. The topological polar surface area (TPSA) is 87.8 Å². The third-order valence-corrected chi connectivity index (χ3v) is 5.18. The summed E-state index contributed by atoms with van der Waals surface area (Å²) in [6.07, 6.45) is 0. The lowest BCUT2D eigenvalue weighted by Gasteiger charge is -2.37. The van der Waals surface area contributed by atoms with E-state index in [1.165, 1.54) is 0 Å². The van der Waals surface area contributed by atoms with Crippen molar-refractivity contribution in [2.45, 2.75) is 26.4 Å². The smallest absolute Gasteiger partial charge is 0.246 e. The molecule has 1 aromatic carbocycles.